The van der Waals surface area contributed by atoms with Crippen molar-refractivity contribution >= 4 is 5.82 Å². The molecule has 1 aromatic rings. The number of likely N-dealkylation sites (N-methyl/N-ethyl adjacent to an activating group) is 1. The highest BCUT2D eigenvalue weighted by atomic mass is 15.1. The first-order chi connectivity index (χ1) is 7.66. The van der Waals surface area contributed by atoms with Gasteiger partial charge < -0.3 is 9.80 Å². The average Bonchev–Trinajstić information content (AvgIpc) is 2.29. The Kier molecular flexibility index (Phi) is 3.44. The zero-order valence-corrected chi connectivity index (χ0v) is 10.5. The molecule has 3 heteroatoms. The minimum atomic E-state index is 0.610. The van der Waals surface area contributed by atoms with E-state index in [-0.39, 0.29) is 0 Å². The molecule has 0 amide bonds. The summed E-state index contributed by atoms with van der Waals surface area (Å²) < 4.78 is 0. The predicted octanol–water partition coefficient (Wildman–Crippen LogP) is 1.96. The van der Waals surface area contributed by atoms with Gasteiger partial charge in [-0.1, -0.05) is 6.07 Å². The van der Waals surface area contributed by atoms with Crippen LogP contribution in [0.2, 0.25) is 0 Å². The quantitative estimate of drug-likeness (QED) is 0.758. The minimum absolute atomic E-state index is 0.610. The Labute approximate surface area is 98.1 Å². The fourth-order valence-corrected chi connectivity index (χ4v) is 2.32. The van der Waals surface area contributed by atoms with Gasteiger partial charge >= 0.3 is 0 Å². The zero-order chi connectivity index (χ0) is 11.5. The van der Waals surface area contributed by atoms with E-state index in [2.05, 4.69) is 35.0 Å². The summed E-state index contributed by atoms with van der Waals surface area (Å²) in [6.07, 6.45) is 2.56. The maximum Gasteiger partial charge on any atom is 0.128 e. The van der Waals surface area contributed by atoms with Crippen LogP contribution in [0, 0.1) is 0 Å². The zero-order valence-electron chi connectivity index (χ0n) is 10.5. The largest absolute Gasteiger partial charge is 0.363 e. The molecule has 0 aliphatic carbocycles. The van der Waals surface area contributed by atoms with Crippen LogP contribution in [-0.4, -0.2) is 44.1 Å². The molecule has 0 bridgehead atoms. The number of hydrogen-bond donors (Lipinski definition) is 0. The molecule has 16 heavy (non-hydrogen) atoms. The monoisotopic (exact) mass is 219 g/mol. The highest BCUT2D eigenvalue weighted by molar-refractivity contribution is 5.37. The first-order valence-corrected chi connectivity index (χ1v) is 5.99. The van der Waals surface area contributed by atoms with E-state index >= 15 is 0 Å². The molecule has 0 saturated carbocycles. The molecule has 2 rings (SSSR count). The van der Waals surface area contributed by atoms with Crippen molar-refractivity contribution in [3.8, 4) is 0 Å². The number of nitrogens with zero attached hydrogens (tertiary/aromatic N) is 3. The molecule has 0 spiro atoms. The summed E-state index contributed by atoms with van der Waals surface area (Å²) in [6.45, 7) is 2.37. The van der Waals surface area contributed by atoms with Crippen molar-refractivity contribution in [3.05, 3.63) is 23.9 Å². The second-order valence-electron chi connectivity index (χ2n) is 4.92. The van der Waals surface area contributed by atoms with Gasteiger partial charge in [-0.3, -0.25) is 0 Å². The summed E-state index contributed by atoms with van der Waals surface area (Å²) in [4.78, 5) is 9.20. The van der Waals surface area contributed by atoms with Crippen molar-refractivity contribution in [1.29, 1.82) is 0 Å². The second kappa shape index (κ2) is 4.83. The Morgan fingerprint density at radius 1 is 1.38 bits per heavy atom. The van der Waals surface area contributed by atoms with Gasteiger partial charge in [-0.25, -0.2) is 4.98 Å². The molecule has 1 aliphatic heterocycles. The Morgan fingerprint density at radius 3 is 2.88 bits per heavy atom. The molecule has 1 saturated heterocycles. The molecule has 88 valence electrons. The minimum Gasteiger partial charge on any atom is -0.363 e. The number of pyridine rings is 1. The molecule has 0 unspecified atom stereocenters. The number of aromatic nitrogens is 1. The van der Waals surface area contributed by atoms with Gasteiger partial charge in [0.05, 0.1) is 0 Å². The van der Waals surface area contributed by atoms with Gasteiger partial charge in [-0.15, -0.1) is 0 Å². The smallest absolute Gasteiger partial charge is 0.128 e. The Morgan fingerprint density at radius 2 is 2.19 bits per heavy atom. The molecular weight excluding hydrogens is 198 g/mol. The molecule has 0 aromatic carbocycles. The van der Waals surface area contributed by atoms with Crippen LogP contribution in [0.25, 0.3) is 0 Å². The summed E-state index contributed by atoms with van der Waals surface area (Å²) in [5.41, 5.74) is 1.25. The van der Waals surface area contributed by atoms with Gasteiger partial charge in [0.15, 0.2) is 0 Å². The molecule has 1 fully saturated rings. The average molecular weight is 219 g/mol. The number of anilines is 1. The van der Waals surface area contributed by atoms with Crippen LogP contribution in [0.1, 0.15) is 24.5 Å². The topological polar surface area (TPSA) is 19.4 Å². The van der Waals surface area contributed by atoms with Crippen LogP contribution in [0.4, 0.5) is 5.82 Å². The third-order valence-electron chi connectivity index (χ3n) is 3.26. The number of likely N-dealkylation sites (tertiary alicyclic amines) is 1. The van der Waals surface area contributed by atoms with Crippen LogP contribution in [0.3, 0.4) is 0 Å². The lowest BCUT2D eigenvalue weighted by molar-refractivity contribution is 0.248. The van der Waals surface area contributed by atoms with E-state index in [1.807, 2.05) is 14.1 Å². The van der Waals surface area contributed by atoms with Gasteiger partial charge in [0.25, 0.3) is 0 Å². The maximum absolute atomic E-state index is 4.73. The lowest BCUT2D eigenvalue weighted by Crippen LogP contribution is -2.31. The lowest BCUT2D eigenvalue weighted by atomic mass is 9.94. The van der Waals surface area contributed by atoms with Crippen LogP contribution in [-0.2, 0) is 0 Å². The fourth-order valence-electron chi connectivity index (χ4n) is 2.32. The highest BCUT2D eigenvalue weighted by Gasteiger charge is 2.20. The van der Waals surface area contributed by atoms with Crippen molar-refractivity contribution in [2.24, 2.45) is 0 Å². The Bertz CT molecular complexity index is 349. The van der Waals surface area contributed by atoms with Gasteiger partial charge in [0.1, 0.15) is 5.82 Å². The Balaban J connectivity index is 2.16. The maximum atomic E-state index is 4.73. The van der Waals surface area contributed by atoms with Crippen molar-refractivity contribution in [2.45, 2.75) is 18.8 Å². The van der Waals surface area contributed by atoms with Crippen molar-refractivity contribution < 1.29 is 0 Å². The highest BCUT2D eigenvalue weighted by Crippen LogP contribution is 2.25. The normalized spacial score (nSPS) is 22.1. The molecule has 1 atom stereocenters. The van der Waals surface area contributed by atoms with Crippen LogP contribution < -0.4 is 4.90 Å². The summed E-state index contributed by atoms with van der Waals surface area (Å²) >= 11 is 0. The van der Waals surface area contributed by atoms with Gasteiger partial charge in [0, 0.05) is 32.3 Å². The van der Waals surface area contributed by atoms with E-state index in [1.165, 1.54) is 25.1 Å². The number of piperidine rings is 1. The van der Waals surface area contributed by atoms with E-state index < -0.39 is 0 Å². The van der Waals surface area contributed by atoms with Crippen LogP contribution >= 0.6 is 0 Å². The molecule has 0 N–H and O–H groups in total. The van der Waals surface area contributed by atoms with Gasteiger partial charge in [-0.05, 0) is 38.6 Å². The summed E-state index contributed by atoms with van der Waals surface area (Å²) in [5, 5.41) is 0. The summed E-state index contributed by atoms with van der Waals surface area (Å²) in [6, 6.07) is 6.35. The van der Waals surface area contributed by atoms with Crippen molar-refractivity contribution in [3.63, 3.8) is 0 Å². The number of hydrogen-bond acceptors (Lipinski definition) is 3. The molecule has 1 aliphatic rings. The standard InChI is InChI=1S/C13H21N3/c1-15(2)13-8-4-7-12(14-13)11-6-5-9-16(3)10-11/h4,7-8,11H,5-6,9-10H2,1-3H3/t11-/m0/s1. The SMILES string of the molecule is CN1CCC[C@H](c2cccc(N(C)C)n2)C1. The fraction of sp³-hybridized carbons (Fsp3) is 0.615. The van der Waals surface area contributed by atoms with E-state index in [1.54, 1.807) is 0 Å². The number of rotatable bonds is 2. The third-order valence-corrected chi connectivity index (χ3v) is 3.26. The summed E-state index contributed by atoms with van der Waals surface area (Å²) in [5.74, 6) is 1.67. The Hall–Kier alpha value is -1.09. The van der Waals surface area contributed by atoms with Gasteiger partial charge in [0.2, 0.25) is 0 Å². The lowest BCUT2D eigenvalue weighted by Gasteiger charge is -2.29. The predicted molar refractivity (Wildman–Crippen MR) is 68.0 cm³/mol. The van der Waals surface area contributed by atoms with Crippen molar-refractivity contribution in [2.75, 3.05) is 39.1 Å². The van der Waals surface area contributed by atoms with E-state index in [4.69, 9.17) is 4.98 Å². The van der Waals surface area contributed by atoms with E-state index in [9.17, 15) is 0 Å². The van der Waals surface area contributed by atoms with Crippen molar-refractivity contribution in [1.82, 2.24) is 9.88 Å². The first kappa shape index (κ1) is 11.4. The molecule has 0 radical (unpaired) electrons. The van der Waals surface area contributed by atoms with E-state index in [0.29, 0.717) is 5.92 Å². The summed E-state index contributed by atoms with van der Waals surface area (Å²) in [7, 11) is 6.28. The molecule has 1 aromatic heterocycles. The first-order valence-electron chi connectivity index (χ1n) is 5.99. The van der Waals surface area contributed by atoms with Gasteiger partial charge in [-0.2, -0.15) is 0 Å². The molecular formula is C13H21N3. The van der Waals surface area contributed by atoms with E-state index in [0.717, 1.165) is 12.4 Å². The molecule has 2 heterocycles. The third kappa shape index (κ3) is 2.53. The van der Waals surface area contributed by atoms with Crippen LogP contribution in [0.15, 0.2) is 18.2 Å². The van der Waals surface area contributed by atoms with Crippen LogP contribution in [0.5, 0.6) is 0 Å². The second-order valence-corrected chi connectivity index (χ2v) is 4.92. The molecule has 3 nitrogen and oxygen atoms in total.